The lowest BCUT2D eigenvalue weighted by molar-refractivity contribution is -0.385. The fourth-order valence-corrected chi connectivity index (χ4v) is 4.55. The molecule has 7 heteroatoms. The van der Waals surface area contributed by atoms with Crippen LogP contribution >= 0.6 is 11.3 Å². The van der Waals surface area contributed by atoms with Crippen LogP contribution in [0.15, 0.2) is 18.2 Å². The number of amides is 1. The molecule has 1 heterocycles. The smallest absolute Gasteiger partial charge is 0.273 e. The van der Waals surface area contributed by atoms with Gasteiger partial charge in [-0.3, -0.25) is 14.9 Å². The van der Waals surface area contributed by atoms with Crippen LogP contribution in [0.25, 0.3) is 0 Å². The zero-order chi connectivity index (χ0) is 18.1. The number of nitrogens with one attached hydrogen (secondary N) is 1. The van der Waals surface area contributed by atoms with Crippen LogP contribution in [-0.2, 0) is 12.8 Å². The summed E-state index contributed by atoms with van der Waals surface area (Å²) in [5, 5.41) is 23.9. The highest BCUT2D eigenvalue weighted by molar-refractivity contribution is 7.16. The van der Waals surface area contributed by atoms with Gasteiger partial charge in [0.05, 0.1) is 10.5 Å². The summed E-state index contributed by atoms with van der Waals surface area (Å²) in [5.74, 6) is 0.143. The van der Waals surface area contributed by atoms with Crippen molar-refractivity contribution in [2.45, 2.75) is 33.1 Å². The van der Waals surface area contributed by atoms with Gasteiger partial charge in [0.15, 0.2) is 0 Å². The van der Waals surface area contributed by atoms with Gasteiger partial charge in [-0.2, -0.15) is 5.26 Å². The second-order valence-electron chi connectivity index (χ2n) is 6.33. The first-order valence-electron chi connectivity index (χ1n) is 8.02. The maximum atomic E-state index is 12.6. The fraction of sp³-hybridized carbons (Fsp3) is 0.333. The molecule has 25 heavy (non-hydrogen) atoms. The molecule has 0 fully saturated rings. The molecule has 0 saturated heterocycles. The third kappa shape index (κ3) is 3.13. The molecule has 1 aromatic heterocycles. The van der Waals surface area contributed by atoms with Gasteiger partial charge in [0.25, 0.3) is 11.6 Å². The Bertz CT molecular complexity index is 911. The van der Waals surface area contributed by atoms with Gasteiger partial charge in [0.2, 0.25) is 0 Å². The Labute approximate surface area is 149 Å². The van der Waals surface area contributed by atoms with Crippen molar-refractivity contribution in [3.63, 3.8) is 0 Å². The van der Waals surface area contributed by atoms with Crippen LogP contribution in [0, 0.1) is 34.3 Å². The van der Waals surface area contributed by atoms with Crippen LogP contribution < -0.4 is 5.32 Å². The summed E-state index contributed by atoms with van der Waals surface area (Å²) < 4.78 is 0. The van der Waals surface area contributed by atoms with Gasteiger partial charge in [0.1, 0.15) is 11.1 Å². The number of carbonyl (C=O) groups is 1. The van der Waals surface area contributed by atoms with Crippen molar-refractivity contribution in [1.29, 1.82) is 5.26 Å². The topological polar surface area (TPSA) is 96.0 Å². The number of nitrogens with zero attached hydrogens (tertiary/aromatic N) is 2. The monoisotopic (exact) mass is 355 g/mol. The molecule has 1 aromatic carbocycles. The molecular formula is C18H17N3O3S. The first-order chi connectivity index (χ1) is 11.9. The Morgan fingerprint density at radius 1 is 1.48 bits per heavy atom. The number of benzene rings is 1. The zero-order valence-corrected chi connectivity index (χ0v) is 14.8. The average molecular weight is 355 g/mol. The largest absolute Gasteiger partial charge is 0.312 e. The Morgan fingerprint density at radius 2 is 2.24 bits per heavy atom. The molecule has 0 radical (unpaired) electrons. The number of nitro groups is 1. The minimum absolute atomic E-state index is 0.0903. The van der Waals surface area contributed by atoms with Crippen molar-refractivity contribution in [2.75, 3.05) is 5.32 Å². The molecule has 0 saturated carbocycles. The normalized spacial score (nSPS) is 16.0. The van der Waals surface area contributed by atoms with Crippen LogP contribution in [0.3, 0.4) is 0 Å². The first-order valence-corrected chi connectivity index (χ1v) is 8.84. The number of fused-ring (bicyclic) bond motifs is 1. The molecule has 3 rings (SSSR count). The van der Waals surface area contributed by atoms with Crippen LogP contribution in [0.1, 0.15) is 45.3 Å². The van der Waals surface area contributed by atoms with Gasteiger partial charge in [-0.1, -0.05) is 13.0 Å². The van der Waals surface area contributed by atoms with Crippen molar-refractivity contribution in [3.05, 3.63) is 55.4 Å². The fourth-order valence-electron chi connectivity index (χ4n) is 3.19. The number of hydrogen-bond donors (Lipinski definition) is 1. The molecule has 1 aliphatic carbocycles. The maximum absolute atomic E-state index is 12.6. The lowest BCUT2D eigenvalue weighted by Gasteiger charge is -2.17. The standard InChI is InChI=1S/C18H17N3O3S/c1-10-6-7-13-14(9-19)18(25-16(13)8-10)20-17(22)12-4-3-5-15(11(12)2)21(23)24/h3-5,10H,6-8H2,1-2H3,(H,20,22)/t10-/m1/s1. The summed E-state index contributed by atoms with van der Waals surface area (Å²) in [5.41, 5.74) is 2.05. The zero-order valence-electron chi connectivity index (χ0n) is 14.0. The second-order valence-corrected chi connectivity index (χ2v) is 7.43. The van der Waals surface area contributed by atoms with E-state index in [0.717, 1.165) is 29.7 Å². The minimum atomic E-state index is -0.502. The number of carbonyl (C=O) groups excluding carboxylic acids is 1. The molecule has 0 spiro atoms. The van der Waals surface area contributed by atoms with Gasteiger partial charge in [-0.15, -0.1) is 11.3 Å². The summed E-state index contributed by atoms with van der Waals surface area (Å²) in [7, 11) is 0. The highest BCUT2D eigenvalue weighted by Gasteiger charge is 2.25. The molecular weight excluding hydrogens is 338 g/mol. The molecule has 1 N–H and O–H groups in total. The van der Waals surface area contributed by atoms with Gasteiger partial charge in [-0.05, 0) is 43.7 Å². The lowest BCUT2D eigenvalue weighted by atomic mass is 9.88. The lowest BCUT2D eigenvalue weighted by Crippen LogP contribution is -2.14. The number of anilines is 1. The predicted molar refractivity (Wildman–Crippen MR) is 96.0 cm³/mol. The third-order valence-electron chi connectivity index (χ3n) is 4.60. The molecule has 1 atom stereocenters. The van der Waals surface area contributed by atoms with E-state index < -0.39 is 10.8 Å². The molecule has 6 nitrogen and oxygen atoms in total. The number of nitriles is 1. The SMILES string of the molecule is Cc1c(C(=O)Nc2sc3c(c2C#N)CC[C@@H](C)C3)cccc1[N+](=O)[O-]. The van der Waals surface area contributed by atoms with Crippen LogP contribution in [0.5, 0.6) is 0 Å². The number of hydrogen-bond acceptors (Lipinski definition) is 5. The Balaban J connectivity index is 1.94. The van der Waals surface area contributed by atoms with Crippen LogP contribution in [0.4, 0.5) is 10.7 Å². The first kappa shape index (κ1) is 17.1. The second kappa shape index (κ2) is 6.65. The van der Waals surface area contributed by atoms with Gasteiger partial charge < -0.3 is 5.32 Å². The molecule has 0 unspecified atom stereocenters. The summed E-state index contributed by atoms with van der Waals surface area (Å²) in [6.07, 6.45) is 2.80. The van der Waals surface area contributed by atoms with Crippen molar-refractivity contribution in [1.82, 2.24) is 0 Å². The van der Waals surface area contributed by atoms with Gasteiger partial charge in [0, 0.05) is 22.1 Å². The molecule has 0 bridgehead atoms. The summed E-state index contributed by atoms with van der Waals surface area (Å²) >= 11 is 1.44. The summed E-state index contributed by atoms with van der Waals surface area (Å²) in [6.45, 7) is 3.73. The molecule has 0 aliphatic heterocycles. The maximum Gasteiger partial charge on any atom is 0.273 e. The van der Waals surface area contributed by atoms with Crippen molar-refractivity contribution in [3.8, 4) is 6.07 Å². The van der Waals surface area contributed by atoms with Crippen molar-refractivity contribution < 1.29 is 9.72 Å². The molecule has 128 valence electrons. The van der Waals surface area contributed by atoms with Crippen LogP contribution in [0.2, 0.25) is 0 Å². The predicted octanol–water partition coefficient (Wildman–Crippen LogP) is 4.21. The van der Waals surface area contributed by atoms with Crippen molar-refractivity contribution in [2.24, 2.45) is 5.92 Å². The van der Waals surface area contributed by atoms with E-state index in [4.69, 9.17) is 0 Å². The van der Waals surface area contributed by atoms with E-state index in [-0.39, 0.29) is 11.3 Å². The van der Waals surface area contributed by atoms with E-state index in [1.807, 2.05) is 0 Å². The quantitative estimate of drug-likeness (QED) is 0.659. The van der Waals surface area contributed by atoms with E-state index in [2.05, 4.69) is 18.3 Å². The average Bonchev–Trinajstić information content (AvgIpc) is 2.90. The van der Waals surface area contributed by atoms with Gasteiger partial charge >= 0.3 is 0 Å². The van der Waals surface area contributed by atoms with E-state index >= 15 is 0 Å². The molecule has 2 aromatic rings. The molecule has 1 amide bonds. The summed E-state index contributed by atoms with van der Waals surface area (Å²) in [4.78, 5) is 24.3. The summed E-state index contributed by atoms with van der Waals surface area (Å²) in [6, 6.07) is 6.63. The van der Waals surface area contributed by atoms with Crippen molar-refractivity contribution >= 4 is 27.9 Å². The Morgan fingerprint density at radius 3 is 2.92 bits per heavy atom. The van der Waals surface area contributed by atoms with E-state index in [0.29, 0.717) is 22.0 Å². The third-order valence-corrected chi connectivity index (χ3v) is 5.77. The van der Waals surface area contributed by atoms with Crippen LogP contribution in [-0.4, -0.2) is 10.8 Å². The highest BCUT2D eigenvalue weighted by Crippen LogP contribution is 2.39. The Kier molecular flexibility index (Phi) is 4.55. The Hall–Kier alpha value is -2.72. The molecule has 1 aliphatic rings. The van der Waals surface area contributed by atoms with Gasteiger partial charge in [-0.25, -0.2) is 0 Å². The minimum Gasteiger partial charge on any atom is -0.312 e. The number of rotatable bonds is 3. The number of thiophene rings is 1. The van der Waals surface area contributed by atoms with E-state index in [1.54, 1.807) is 13.0 Å². The van der Waals surface area contributed by atoms with E-state index in [9.17, 15) is 20.2 Å². The highest BCUT2D eigenvalue weighted by atomic mass is 32.1. The van der Waals surface area contributed by atoms with E-state index in [1.165, 1.54) is 23.5 Å². The number of nitro benzene ring substituents is 1.